The highest BCUT2D eigenvalue weighted by Gasteiger charge is 2.28. The van der Waals surface area contributed by atoms with Gasteiger partial charge in [-0.2, -0.15) is 0 Å². The number of rotatable bonds is 9. The minimum absolute atomic E-state index is 0.0285. The van der Waals surface area contributed by atoms with Crippen molar-refractivity contribution in [2.45, 2.75) is 38.8 Å². The molecular weight excluding hydrogens is 461 g/mol. The van der Waals surface area contributed by atoms with Crippen LogP contribution in [0.15, 0.2) is 42.5 Å². The van der Waals surface area contributed by atoms with Crippen LogP contribution in [0.25, 0.3) is 0 Å². The molecule has 2 amide bonds. The number of nitrogens with zero attached hydrogens (tertiary/aromatic N) is 1. The van der Waals surface area contributed by atoms with Crippen LogP contribution in [0.5, 0.6) is 5.75 Å². The van der Waals surface area contributed by atoms with Gasteiger partial charge in [0.15, 0.2) is 0 Å². The first-order valence-electron chi connectivity index (χ1n) is 11.2. The van der Waals surface area contributed by atoms with Crippen LogP contribution >= 0.6 is 23.2 Å². The summed E-state index contributed by atoms with van der Waals surface area (Å²) in [7, 11) is 1.65. The zero-order valence-electron chi connectivity index (χ0n) is 19.2. The van der Waals surface area contributed by atoms with Crippen molar-refractivity contribution in [3.05, 3.63) is 63.6 Å². The summed E-state index contributed by atoms with van der Waals surface area (Å²) >= 11 is 12.1. The maximum absolute atomic E-state index is 13.1. The van der Waals surface area contributed by atoms with Crippen LogP contribution in [0.4, 0.5) is 0 Å². The molecule has 1 heterocycles. The number of carbonyl (C=O) groups is 2. The molecule has 2 unspecified atom stereocenters. The van der Waals surface area contributed by atoms with Crippen LogP contribution in [0, 0.1) is 5.92 Å². The largest absolute Gasteiger partial charge is 0.497 e. The van der Waals surface area contributed by atoms with Crippen molar-refractivity contribution >= 4 is 35.0 Å². The molecule has 1 aliphatic heterocycles. The van der Waals surface area contributed by atoms with Crippen molar-refractivity contribution in [1.29, 1.82) is 0 Å². The lowest BCUT2D eigenvalue weighted by Crippen LogP contribution is -2.51. The van der Waals surface area contributed by atoms with Crippen molar-refractivity contribution in [3.63, 3.8) is 0 Å². The molecule has 1 aliphatic rings. The topological polar surface area (TPSA) is 70.7 Å². The van der Waals surface area contributed by atoms with Gasteiger partial charge in [0.25, 0.3) is 5.91 Å². The summed E-state index contributed by atoms with van der Waals surface area (Å²) in [4.78, 5) is 28.3. The molecule has 6 nitrogen and oxygen atoms in total. The molecule has 0 aliphatic carbocycles. The SMILES string of the molecule is COc1cccc(C(CNC(=O)C(NC(=O)c2ccc(Cl)cc2Cl)C(C)C)N2CCCC2)c1. The number of hydrogen-bond acceptors (Lipinski definition) is 4. The highest BCUT2D eigenvalue weighted by atomic mass is 35.5. The maximum atomic E-state index is 13.1. The van der Waals surface area contributed by atoms with E-state index in [9.17, 15) is 9.59 Å². The third-order valence-corrected chi connectivity index (χ3v) is 6.49. The standard InChI is InChI=1S/C25H31Cl2N3O3/c1-16(2)23(29-24(31)20-10-9-18(26)14-21(20)27)25(32)28-15-22(30-11-4-5-12-30)17-7-6-8-19(13-17)33-3/h6-10,13-14,16,22-23H,4-5,11-12,15H2,1-3H3,(H,28,32)(H,29,31). The first-order chi connectivity index (χ1) is 15.8. The molecule has 2 aromatic carbocycles. The number of likely N-dealkylation sites (tertiary alicyclic amines) is 1. The van der Waals surface area contributed by atoms with E-state index in [4.69, 9.17) is 27.9 Å². The summed E-state index contributed by atoms with van der Waals surface area (Å²) in [6, 6.07) is 11.9. The molecule has 2 N–H and O–H groups in total. The van der Waals surface area contributed by atoms with Crippen LogP contribution in [0.3, 0.4) is 0 Å². The Morgan fingerprint density at radius 3 is 2.45 bits per heavy atom. The van der Waals surface area contributed by atoms with Gasteiger partial charge in [-0.05, 0) is 67.7 Å². The van der Waals surface area contributed by atoms with Crippen LogP contribution in [0.1, 0.15) is 48.7 Å². The van der Waals surface area contributed by atoms with Crippen molar-refractivity contribution in [1.82, 2.24) is 15.5 Å². The number of nitrogens with one attached hydrogen (secondary N) is 2. The van der Waals surface area contributed by atoms with Gasteiger partial charge in [0.1, 0.15) is 11.8 Å². The third kappa shape index (κ3) is 6.62. The van der Waals surface area contributed by atoms with E-state index >= 15 is 0 Å². The van der Waals surface area contributed by atoms with E-state index in [0.29, 0.717) is 11.6 Å². The minimum atomic E-state index is -0.700. The number of hydrogen-bond donors (Lipinski definition) is 2. The number of methoxy groups -OCH3 is 1. The molecule has 8 heteroatoms. The predicted molar refractivity (Wildman–Crippen MR) is 132 cm³/mol. The van der Waals surface area contributed by atoms with Gasteiger partial charge in [0, 0.05) is 11.6 Å². The van der Waals surface area contributed by atoms with E-state index < -0.39 is 11.9 Å². The molecule has 0 spiro atoms. The van der Waals surface area contributed by atoms with Crippen molar-refractivity contribution < 1.29 is 14.3 Å². The molecule has 0 aromatic heterocycles. The molecule has 178 valence electrons. The Kier molecular flexibility index (Phi) is 9.01. The molecule has 33 heavy (non-hydrogen) atoms. The lowest BCUT2D eigenvalue weighted by molar-refractivity contribution is -0.124. The van der Waals surface area contributed by atoms with Crippen molar-refractivity contribution in [2.24, 2.45) is 5.92 Å². The molecular formula is C25H31Cl2N3O3. The Bertz CT molecular complexity index is 977. The Morgan fingerprint density at radius 2 is 1.82 bits per heavy atom. The first-order valence-corrected chi connectivity index (χ1v) is 12.0. The fraction of sp³-hybridized carbons (Fsp3) is 0.440. The summed E-state index contributed by atoms with van der Waals surface area (Å²) in [5, 5.41) is 6.59. The second kappa shape index (κ2) is 11.7. The maximum Gasteiger partial charge on any atom is 0.253 e. The number of halogens is 2. The van der Waals surface area contributed by atoms with E-state index in [2.05, 4.69) is 21.6 Å². The average Bonchev–Trinajstić information content (AvgIpc) is 3.31. The second-order valence-corrected chi connectivity index (χ2v) is 9.44. The summed E-state index contributed by atoms with van der Waals surface area (Å²) in [6.45, 7) is 6.20. The van der Waals surface area contributed by atoms with Crippen LogP contribution in [-0.4, -0.2) is 49.5 Å². The van der Waals surface area contributed by atoms with Gasteiger partial charge in [0.2, 0.25) is 5.91 Å². The van der Waals surface area contributed by atoms with Gasteiger partial charge in [-0.3, -0.25) is 14.5 Å². The van der Waals surface area contributed by atoms with E-state index in [0.717, 1.165) is 37.2 Å². The Hall–Kier alpha value is -2.28. The zero-order chi connectivity index (χ0) is 24.0. The fourth-order valence-electron chi connectivity index (χ4n) is 4.09. The van der Waals surface area contributed by atoms with Gasteiger partial charge >= 0.3 is 0 Å². The van der Waals surface area contributed by atoms with E-state index in [-0.39, 0.29) is 28.5 Å². The quantitative estimate of drug-likeness (QED) is 0.532. The summed E-state index contributed by atoms with van der Waals surface area (Å²) in [6.07, 6.45) is 2.28. The summed E-state index contributed by atoms with van der Waals surface area (Å²) in [5.41, 5.74) is 1.38. The van der Waals surface area contributed by atoms with Gasteiger partial charge in [0.05, 0.1) is 23.7 Å². The molecule has 1 fully saturated rings. The summed E-state index contributed by atoms with van der Waals surface area (Å²) in [5.74, 6) is 0.0437. The molecule has 3 rings (SSSR count). The summed E-state index contributed by atoms with van der Waals surface area (Å²) < 4.78 is 5.39. The second-order valence-electron chi connectivity index (χ2n) is 8.60. The van der Waals surface area contributed by atoms with Gasteiger partial charge in [-0.25, -0.2) is 0 Å². The van der Waals surface area contributed by atoms with E-state index in [1.54, 1.807) is 19.2 Å². The van der Waals surface area contributed by atoms with Gasteiger partial charge in [-0.15, -0.1) is 0 Å². The van der Waals surface area contributed by atoms with Crippen LogP contribution in [0.2, 0.25) is 10.0 Å². The van der Waals surface area contributed by atoms with E-state index in [1.807, 2.05) is 32.0 Å². The lowest BCUT2D eigenvalue weighted by atomic mass is 10.0. The smallest absolute Gasteiger partial charge is 0.253 e. The fourth-order valence-corrected chi connectivity index (χ4v) is 4.59. The lowest BCUT2D eigenvalue weighted by Gasteiger charge is -2.30. The molecule has 2 atom stereocenters. The average molecular weight is 492 g/mol. The molecule has 0 bridgehead atoms. The zero-order valence-corrected chi connectivity index (χ0v) is 20.7. The van der Waals surface area contributed by atoms with Crippen molar-refractivity contribution in [2.75, 3.05) is 26.7 Å². The number of carbonyl (C=O) groups excluding carboxylic acids is 2. The van der Waals surface area contributed by atoms with Crippen LogP contribution < -0.4 is 15.4 Å². The Morgan fingerprint density at radius 1 is 1.09 bits per heavy atom. The van der Waals surface area contributed by atoms with Gasteiger partial charge in [-0.1, -0.05) is 49.2 Å². The normalized spacial score (nSPS) is 15.8. The Balaban J connectivity index is 1.71. The minimum Gasteiger partial charge on any atom is -0.497 e. The van der Waals surface area contributed by atoms with E-state index in [1.165, 1.54) is 6.07 Å². The molecule has 1 saturated heterocycles. The van der Waals surface area contributed by atoms with Gasteiger partial charge < -0.3 is 15.4 Å². The highest BCUT2D eigenvalue weighted by molar-refractivity contribution is 6.36. The number of benzene rings is 2. The number of amides is 2. The molecule has 2 aromatic rings. The van der Waals surface area contributed by atoms with Crippen molar-refractivity contribution in [3.8, 4) is 5.75 Å². The Labute approximate surface area is 205 Å². The monoisotopic (exact) mass is 491 g/mol. The van der Waals surface area contributed by atoms with Crippen LogP contribution in [-0.2, 0) is 4.79 Å². The molecule has 0 radical (unpaired) electrons. The highest BCUT2D eigenvalue weighted by Crippen LogP contribution is 2.27. The predicted octanol–water partition coefficient (Wildman–Crippen LogP) is 4.71. The molecule has 0 saturated carbocycles. The third-order valence-electron chi connectivity index (χ3n) is 5.94. The number of ether oxygens (including phenoxy) is 1. The first kappa shape index (κ1) is 25.3.